The molecule has 3 aromatic rings. The molecule has 0 aliphatic heterocycles. The normalized spacial score (nSPS) is 11.3. The maximum absolute atomic E-state index is 12.8. The van der Waals surface area contributed by atoms with E-state index < -0.39 is 22.6 Å². The van der Waals surface area contributed by atoms with E-state index >= 15 is 0 Å². The Morgan fingerprint density at radius 3 is 2.56 bits per heavy atom. The molecule has 0 aliphatic rings. The number of carbonyl (C=O) groups excluding carboxylic acids is 1. The van der Waals surface area contributed by atoms with Crippen LogP contribution in [0.4, 0.5) is 18.9 Å². The molecule has 0 aliphatic carbocycles. The van der Waals surface area contributed by atoms with Crippen molar-refractivity contribution in [3.63, 3.8) is 0 Å². The Hall–Kier alpha value is -4.41. The highest BCUT2D eigenvalue weighted by Crippen LogP contribution is 2.30. The minimum Gasteiger partial charge on any atom is -0.493 e. The van der Waals surface area contributed by atoms with Crippen molar-refractivity contribution in [3.05, 3.63) is 99.1 Å². The molecule has 8 nitrogen and oxygen atoms in total. The molecular weight excluding hydrogens is 455 g/mol. The molecule has 0 atom stereocenters. The summed E-state index contributed by atoms with van der Waals surface area (Å²) in [4.78, 5) is 22.5. The molecule has 3 aromatic carbocycles. The molecule has 34 heavy (non-hydrogen) atoms. The van der Waals surface area contributed by atoms with Gasteiger partial charge in [0.25, 0.3) is 11.6 Å². The van der Waals surface area contributed by atoms with Crippen LogP contribution in [0, 0.1) is 10.1 Å². The lowest BCUT2D eigenvalue weighted by Gasteiger charge is -2.11. The van der Waals surface area contributed by atoms with E-state index in [4.69, 9.17) is 9.47 Å². The van der Waals surface area contributed by atoms with Crippen molar-refractivity contribution >= 4 is 17.8 Å². The first-order valence-corrected chi connectivity index (χ1v) is 9.72. The zero-order chi connectivity index (χ0) is 24.7. The highest BCUT2D eigenvalue weighted by atomic mass is 19.4. The molecule has 0 spiro atoms. The van der Waals surface area contributed by atoms with Crippen LogP contribution in [0.25, 0.3) is 0 Å². The van der Waals surface area contributed by atoms with Crippen molar-refractivity contribution in [1.82, 2.24) is 5.43 Å². The molecule has 0 saturated heterocycles. The molecule has 3 rings (SSSR count). The second-order valence-electron chi connectivity index (χ2n) is 6.90. The number of non-ortho nitro benzene ring substituents is 1. The first-order chi connectivity index (χ1) is 16.2. The van der Waals surface area contributed by atoms with E-state index in [0.29, 0.717) is 22.6 Å². The number of rotatable bonds is 8. The van der Waals surface area contributed by atoms with Crippen LogP contribution >= 0.6 is 0 Å². The van der Waals surface area contributed by atoms with Crippen molar-refractivity contribution in [2.75, 3.05) is 7.11 Å². The average Bonchev–Trinajstić information content (AvgIpc) is 2.82. The van der Waals surface area contributed by atoms with Gasteiger partial charge in [0.15, 0.2) is 11.5 Å². The number of nitrogens with one attached hydrogen (secondary N) is 1. The van der Waals surface area contributed by atoms with Gasteiger partial charge < -0.3 is 9.47 Å². The van der Waals surface area contributed by atoms with Gasteiger partial charge in [-0.2, -0.15) is 18.3 Å². The van der Waals surface area contributed by atoms with Crippen LogP contribution in [0.15, 0.2) is 71.8 Å². The van der Waals surface area contributed by atoms with Crippen molar-refractivity contribution in [3.8, 4) is 11.5 Å². The van der Waals surface area contributed by atoms with Gasteiger partial charge in [-0.25, -0.2) is 5.43 Å². The molecule has 0 unspecified atom stereocenters. The molecule has 0 fully saturated rings. The summed E-state index contributed by atoms with van der Waals surface area (Å²) in [6, 6.07) is 14.8. The van der Waals surface area contributed by atoms with E-state index in [2.05, 4.69) is 10.5 Å². The molecule has 176 valence electrons. The number of nitro benzene ring substituents is 1. The number of nitrogens with zero attached hydrogens (tertiary/aromatic N) is 2. The summed E-state index contributed by atoms with van der Waals surface area (Å²) < 4.78 is 49.4. The van der Waals surface area contributed by atoms with Crippen LogP contribution in [0.5, 0.6) is 11.5 Å². The first-order valence-electron chi connectivity index (χ1n) is 9.72. The SMILES string of the molecule is COc1cc(/C=N\NC(=O)c2cccc(C(F)(F)F)c2)ccc1OCc1cccc([N+](=O)[O-])c1. The minimum absolute atomic E-state index is 0.0493. The molecular formula is C23H18F3N3O5. The molecule has 0 radical (unpaired) electrons. The topological polar surface area (TPSA) is 103 Å². The molecule has 0 aromatic heterocycles. The smallest absolute Gasteiger partial charge is 0.416 e. The number of hydrogen-bond acceptors (Lipinski definition) is 6. The number of carbonyl (C=O) groups is 1. The predicted molar refractivity (Wildman–Crippen MR) is 117 cm³/mol. The van der Waals surface area contributed by atoms with Crippen LogP contribution in [-0.2, 0) is 12.8 Å². The summed E-state index contributed by atoms with van der Waals surface area (Å²) in [7, 11) is 1.42. The second kappa shape index (κ2) is 10.5. The Bertz CT molecular complexity index is 1230. The lowest BCUT2D eigenvalue weighted by Crippen LogP contribution is -2.18. The summed E-state index contributed by atoms with van der Waals surface area (Å²) in [6.07, 6.45) is -3.27. The third-order valence-corrected chi connectivity index (χ3v) is 4.54. The van der Waals surface area contributed by atoms with Crippen molar-refractivity contribution in [1.29, 1.82) is 0 Å². The first kappa shape index (κ1) is 24.2. The van der Waals surface area contributed by atoms with Gasteiger partial charge in [-0.1, -0.05) is 18.2 Å². The lowest BCUT2D eigenvalue weighted by atomic mass is 10.1. The fourth-order valence-electron chi connectivity index (χ4n) is 2.87. The number of halogens is 3. The summed E-state index contributed by atoms with van der Waals surface area (Å²) in [5.41, 5.74) is 2.12. The molecule has 0 heterocycles. The lowest BCUT2D eigenvalue weighted by molar-refractivity contribution is -0.384. The van der Waals surface area contributed by atoms with Gasteiger partial charge in [-0.3, -0.25) is 14.9 Å². The van der Waals surface area contributed by atoms with Crippen LogP contribution < -0.4 is 14.9 Å². The van der Waals surface area contributed by atoms with Gasteiger partial charge in [-0.05, 0) is 47.5 Å². The number of benzene rings is 3. The van der Waals surface area contributed by atoms with Crippen molar-refractivity contribution < 1.29 is 32.4 Å². The summed E-state index contributed by atoms with van der Waals surface area (Å²) >= 11 is 0. The van der Waals surface area contributed by atoms with E-state index in [1.54, 1.807) is 30.3 Å². The number of methoxy groups -OCH3 is 1. The number of hydrazone groups is 1. The zero-order valence-corrected chi connectivity index (χ0v) is 17.7. The fourth-order valence-corrected chi connectivity index (χ4v) is 2.87. The Morgan fingerprint density at radius 2 is 1.85 bits per heavy atom. The van der Waals surface area contributed by atoms with E-state index in [1.165, 1.54) is 31.5 Å². The van der Waals surface area contributed by atoms with Gasteiger partial charge in [0.1, 0.15) is 6.61 Å². The van der Waals surface area contributed by atoms with Crippen LogP contribution in [0.3, 0.4) is 0 Å². The second-order valence-corrected chi connectivity index (χ2v) is 6.90. The van der Waals surface area contributed by atoms with Gasteiger partial charge in [0.05, 0.1) is 23.8 Å². The molecule has 11 heteroatoms. The molecule has 1 N–H and O–H groups in total. The Labute approximate surface area is 191 Å². The number of ether oxygens (including phenoxy) is 2. The molecule has 0 saturated carbocycles. The van der Waals surface area contributed by atoms with Crippen molar-refractivity contribution in [2.45, 2.75) is 12.8 Å². The Kier molecular flexibility index (Phi) is 7.46. The van der Waals surface area contributed by atoms with Crippen LogP contribution in [0.2, 0.25) is 0 Å². The van der Waals surface area contributed by atoms with Crippen LogP contribution in [0.1, 0.15) is 27.0 Å². The minimum atomic E-state index is -4.56. The number of hydrogen-bond donors (Lipinski definition) is 1. The summed E-state index contributed by atoms with van der Waals surface area (Å²) in [5, 5.41) is 14.7. The van der Waals surface area contributed by atoms with E-state index in [-0.39, 0.29) is 17.9 Å². The third-order valence-electron chi connectivity index (χ3n) is 4.54. The van der Waals surface area contributed by atoms with Gasteiger partial charge in [0, 0.05) is 17.7 Å². The van der Waals surface area contributed by atoms with Gasteiger partial charge in [0.2, 0.25) is 0 Å². The third kappa shape index (κ3) is 6.31. The maximum atomic E-state index is 12.8. The number of amides is 1. The summed E-state index contributed by atoms with van der Waals surface area (Å²) in [5.74, 6) is -0.0797. The van der Waals surface area contributed by atoms with Gasteiger partial charge in [-0.15, -0.1) is 0 Å². The average molecular weight is 473 g/mol. The number of nitro groups is 1. The van der Waals surface area contributed by atoms with E-state index in [1.807, 2.05) is 0 Å². The quantitative estimate of drug-likeness (QED) is 0.283. The highest BCUT2D eigenvalue weighted by Gasteiger charge is 2.30. The maximum Gasteiger partial charge on any atom is 0.416 e. The van der Waals surface area contributed by atoms with Gasteiger partial charge >= 0.3 is 6.18 Å². The summed E-state index contributed by atoms with van der Waals surface area (Å²) in [6.45, 7) is 0.0680. The zero-order valence-electron chi connectivity index (χ0n) is 17.7. The van der Waals surface area contributed by atoms with Crippen molar-refractivity contribution in [2.24, 2.45) is 5.10 Å². The molecule has 0 bridgehead atoms. The van der Waals surface area contributed by atoms with Crippen LogP contribution in [-0.4, -0.2) is 24.2 Å². The van der Waals surface area contributed by atoms with E-state index in [9.17, 15) is 28.1 Å². The highest BCUT2D eigenvalue weighted by molar-refractivity contribution is 5.95. The number of alkyl halides is 3. The Morgan fingerprint density at radius 1 is 1.09 bits per heavy atom. The largest absolute Gasteiger partial charge is 0.493 e. The Balaban J connectivity index is 1.64. The predicted octanol–water partition coefficient (Wildman–Crippen LogP) is 4.97. The van der Waals surface area contributed by atoms with E-state index in [0.717, 1.165) is 18.2 Å². The standard InChI is InChI=1S/C23H18F3N3O5/c1-33-21-11-15(8-9-20(21)34-14-16-4-2-7-19(10-16)29(31)32)13-27-28-22(30)17-5-3-6-18(12-17)23(24,25)26/h2-13H,14H2,1H3,(H,28,30)/b27-13-. The monoisotopic (exact) mass is 473 g/mol. The fraction of sp³-hybridized carbons (Fsp3) is 0.130. The molecule has 1 amide bonds.